The molecule has 0 spiro atoms. The Morgan fingerprint density at radius 2 is 1.52 bits per heavy atom. The van der Waals surface area contributed by atoms with E-state index in [4.69, 9.17) is 5.26 Å². The smallest absolute Gasteiger partial charge is 0.255 e. The molecule has 0 aliphatic heterocycles. The van der Waals surface area contributed by atoms with E-state index < -0.39 is 0 Å². The molecule has 0 radical (unpaired) electrons. The van der Waals surface area contributed by atoms with E-state index in [-0.39, 0.29) is 18.4 Å². The van der Waals surface area contributed by atoms with Crippen LogP contribution in [0, 0.1) is 11.3 Å². The summed E-state index contributed by atoms with van der Waals surface area (Å²) in [5.74, 6) is -0.533. The molecule has 2 aromatic carbocycles. The number of hydrogen-bond acceptors (Lipinski definition) is 3. The second kappa shape index (κ2) is 6.87. The van der Waals surface area contributed by atoms with Crippen LogP contribution in [0.1, 0.15) is 20.7 Å². The molecule has 0 unspecified atom stereocenters. The third-order valence-electron chi connectivity index (χ3n) is 2.77. The first-order valence-corrected chi connectivity index (χ1v) is 6.32. The summed E-state index contributed by atoms with van der Waals surface area (Å²) in [4.78, 5) is 23.6. The van der Waals surface area contributed by atoms with Crippen LogP contribution in [0.2, 0.25) is 0 Å². The first-order valence-electron chi connectivity index (χ1n) is 6.32. The fourth-order valence-corrected chi connectivity index (χ4v) is 1.72. The minimum Gasteiger partial charge on any atom is -0.339 e. The molecule has 2 N–H and O–H groups in total. The van der Waals surface area contributed by atoms with Crippen molar-refractivity contribution < 1.29 is 9.59 Å². The molecule has 21 heavy (non-hydrogen) atoms. The SMILES string of the molecule is N#CCNC(=O)c1ccc(NC(=O)c2ccccc2)cc1. The Balaban J connectivity index is 2.01. The summed E-state index contributed by atoms with van der Waals surface area (Å²) in [5, 5.41) is 13.6. The number of nitriles is 1. The third-order valence-corrected chi connectivity index (χ3v) is 2.77. The molecule has 0 heterocycles. The van der Waals surface area contributed by atoms with Crippen LogP contribution in [0.4, 0.5) is 5.69 Å². The second-order valence-electron chi connectivity index (χ2n) is 4.24. The van der Waals surface area contributed by atoms with Crippen LogP contribution in [0.3, 0.4) is 0 Å². The summed E-state index contributed by atoms with van der Waals surface area (Å²) in [7, 11) is 0. The number of carbonyl (C=O) groups excluding carboxylic acids is 2. The van der Waals surface area contributed by atoms with E-state index in [0.717, 1.165) is 0 Å². The van der Waals surface area contributed by atoms with Crippen molar-refractivity contribution in [3.63, 3.8) is 0 Å². The topological polar surface area (TPSA) is 82.0 Å². The zero-order valence-corrected chi connectivity index (χ0v) is 11.2. The maximum atomic E-state index is 11.9. The molecule has 0 fully saturated rings. The van der Waals surface area contributed by atoms with Gasteiger partial charge in [-0.05, 0) is 36.4 Å². The van der Waals surface area contributed by atoms with Crippen molar-refractivity contribution in [1.29, 1.82) is 5.26 Å². The van der Waals surface area contributed by atoms with Crippen molar-refractivity contribution in [2.24, 2.45) is 0 Å². The van der Waals surface area contributed by atoms with Gasteiger partial charge < -0.3 is 10.6 Å². The van der Waals surface area contributed by atoms with Crippen LogP contribution in [-0.2, 0) is 0 Å². The number of hydrogen-bond donors (Lipinski definition) is 2. The second-order valence-corrected chi connectivity index (χ2v) is 4.24. The maximum Gasteiger partial charge on any atom is 0.255 e. The van der Waals surface area contributed by atoms with Gasteiger partial charge in [-0.25, -0.2) is 0 Å². The van der Waals surface area contributed by atoms with E-state index in [2.05, 4.69) is 10.6 Å². The fourth-order valence-electron chi connectivity index (χ4n) is 1.72. The maximum absolute atomic E-state index is 11.9. The van der Waals surface area contributed by atoms with Crippen LogP contribution < -0.4 is 10.6 Å². The van der Waals surface area contributed by atoms with Gasteiger partial charge in [0.05, 0.1) is 6.07 Å². The lowest BCUT2D eigenvalue weighted by Crippen LogP contribution is -2.23. The molecule has 0 atom stereocenters. The molecular formula is C16H13N3O2. The van der Waals surface area contributed by atoms with Gasteiger partial charge in [-0.3, -0.25) is 9.59 Å². The van der Waals surface area contributed by atoms with Crippen LogP contribution >= 0.6 is 0 Å². The van der Waals surface area contributed by atoms with Crippen LogP contribution in [-0.4, -0.2) is 18.4 Å². The van der Waals surface area contributed by atoms with E-state index in [1.54, 1.807) is 48.5 Å². The Morgan fingerprint density at radius 3 is 2.14 bits per heavy atom. The lowest BCUT2D eigenvalue weighted by atomic mass is 10.1. The van der Waals surface area contributed by atoms with Crippen molar-refractivity contribution in [2.75, 3.05) is 11.9 Å². The van der Waals surface area contributed by atoms with Crippen molar-refractivity contribution in [1.82, 2.24) is 5.32 Å². The zero-order chi connectivity index (χ0) is 15.1. The van der Waals surface area contributed by atoms with Crippen molar-refractivity contribution in [3.8, 4) is 6.07 Å². The molecule has 0 aliphatic carbocycles. The molecule has 2 aromatic rings. The van der Waals surface area contributed by atoms with Crippen molar-refractivity contribution in [3.05, 3.63) is 65.7 Å². The average molecular weight is 279 g/mol. The van der Waals surface area contributed by atoms with Crippen LogP contribution in [0.25, 0.3) is 0 Å². The third kappa shape index (κ3) is 3.91. The van der Waals surface area contributed by atoms with E-state index in [1.807, 2.05) is 12.1 Å². The molecule has 0 bridgehead atoms. The largest absolute Gasteiger partial charge is 0.339 e. The summed E-state index contributed by atoms with van der Waals surface area (Å²) in [5.41, 5.74) is 1.59. The molecule has 2 rings (SSSR count). The average Bonchev–Trinajstić information content (AvgIpc) is 2.54. The Labute approximate surface area is 122 Å². The number of nitrogens with zero attached hydrogens (tertiary/aromatic N) is 1. The van der Waals surface area contributed by atoms with E-state index in [1.165, 1.54) is 0 Å². The number of nitrogens with one attached hydrogen (secondary N) is 2. The highest BCUT2D eigenvalue weighted by atomic mass is 16.2. The predicted octanol–water partition coefficient (Wildman–Crippen LogP) is 2.19. The molecule has 0 saturated heterocycles. The summed E-state index contributed by atoms with van der Waals surface area (Å²) < 4.78 is 0. The quantitative estimate of drug-likeness (QED) is 0.842. The first-order chi connectivity index (χ1) is 10.2. The number of rotatable bonds is 4. The number of amides is 2. The molecule has 0 aromatic heterocycles. The Hall–Kier alpha value is -3.13. The molecule has 0 aliphatic rings. The van der Waals surface area contributed by atoms with E-state index in [0.29, 0.717) is 16.8 Å². The first kappa shape index (κ1) is 14.3. The Bertz CT molecular complexity index is 673. The summed E-state index contributed by atoms with van der Waals surface area (Å²) in [6.07, 6.45) is 0. The van der Waals surface area contributed by atoms with Gasteiger partial charge in [0.15, 0.2) is 0 Å². The monoisotopic (exact) mass is 279 g/mol. The highest BCUT2D eigenvalue weighted by molar-refractivity contribution is 6.04. The Morgan fingerprint density at radius 1 is 0.905 bits per heavy atom. The van der Waals surface area contributed by atoms with Crippen LogP contribution in [0.15, 0.2) is 54.6 Å². The Kier molecular flexibility index (Phi) is 4.67. The normalized spacial score (nSPS) is 9.48. The lowest BCUT2D eigenvalue weighted by molar-refractivity contribution is 0.0958. The fraction of sp³-hybridized carbons (Fsp3) is 0.0625. The van der Waals surface area contributed by atoms with Gasteiger partial charge in [-0.15, -0.1) is 0 Å². The summed E-state index contributed by atoms with van der Waals surface area (Å²) in [6.45, 7) is -0.0364. The molecule has 5 nitrogen and oxygen atoms in total. The van der Waals surface area contributed by atoms with Gasteiger partial charge in [0.2, 0.25) is 0 Å². The molecule has 104 valence electrons. The van der Waals surface area contributed by atoms with Gasteiger partial charge >= 0.3 is 0 Å². The van der Waals surface area contributed by atoms with E-state index >= 15 is 0 Å². The highest BCUT2D eigenvalue weighted by Gasteiger charge is 2.07. The standard InChI is InChI=1S/C16H13N3O2/c17-10-11-18-15(20)13-6-8-14(9-7-13)19-16(21)12-4-2-1-3-5-12/h1-9H,11H2,(H,18,20)(H,19,21). The molecule has 0 saturated carbocycles. The molecule has 5 heteroatoms. The van der Waals surface area contributed by atoms with Gasteiger partial charge in [-0.1, -0.05) is 18.2 Å². The van der Waals surface area contributed by atoms with Crippen molar-refractivity contribution in [2.45, 2.75) is 0 Å². The molecular weight excluding hydrogens is 266 g/mol. The summed E-state index contributed by atoms with van der Waals surface area (Å²) >= 11 is 0. The highest BCUT2D eigenvalue weighted by Crippen LogP contribution is 2.11. The minimum atomic E-state index is -0.322. The van der Waals surface area contributed by atoms with Crippen molar-refractivity contribution >= 4 is 17.5 Å². The minimum absolute atomic E-state index is 0.0364. The lowest BCUT2D eigenvalue weighted by Gasteiger charge is -2.06. The zero-order valence-electron chi connectivity index (χ0n) is 11.2. The van der Waals surface area contributed by atoms with Gasteiger partial charge in [-0.2, -0.15) is 5.26 Å². The van der Waals surface area contributed by atoms with Crippen LogP contribution in [0.5, 0.6) is 0 Å². The van der Waals surface area contributed by atoms with Gasteiger partial charge in [0.1, 0.15) is 6.54 Å². The predicted molar refractivity (Wildman–Crippen MR) is 78.8 cm³/mol. The van der Waals surface area contributed by atoms with E-state index in [9.17, 15) is 9.59 Å². The van der Waals surface area contributed by atoms with Gasteiger partial charge in [0.25, 0.3) is 11.8 Å². The van der Waals surface area contributed by atoms with Gasteiger partial charge in [0, 0.05) is 16.8 Å². The number of benzene rings is 2. The number of carbonyl (C=O) groups is 2. The molecule has 2 amide bonds. The summed E-state index contributed by atoms with van der Waals surface area (Å²) in [6, 6.07) is 17.2. The number of anilines is 1.